The van der Waals surface area contributed by atoms with Crippen LogP contribution in [0.2, 0.25) is 0 Å². The maximum Gasteiger partial charge on any atom is 0.134 e. The molecule has 4 heteroatoms. The van der Waals surface area contributed by atoms with Crippen molar-refractivity contribution in [2.75, 3.05) is 26.7 Å². The lowest BCUT2D eigenvalue weighted by Gasteiger charge is -2.27. The van der Waals surface area contributed by atoms with Gasteiger partial charge in [0.2, 0.25) is 0 Å². The van der Waals surface area contributed by atoms with E-state index >= 15 is 0 Å². The summed E-state index contributed by atoms with van der Waals surface area (Å²) in [6, 6.07) is 8.72. The van der Waals surface area contributed by atoms with Gasteiger partial charge < -0.3 is 15.1 Å². The van der Waals surface area contributed by atoms with Crippen LogP contribution in [0.3, 0.4) is 0 Å². The van der Waals surface area contributed by atoms with Crippen LogP contribution in [-0.2, 0) is 13.1 Å². The van der Waals surface area contributed by atoms with Crippen LogP contribution in [0.4, 0.5) is 0 Å². The maximum absolute atomic E-state index is 6.07. The molecule has 1 aliphatic rings. The molecule has 3 rings (SSSR count). The molecule has 2 heterocycles. The molecule has 114 valence electrons. The number of rotatable bonds is 3. The van der Waals surface area contributed by atoms with E-state index in [9.17, 15) is 0 Å². The van der Waals surface area contributed by atoms with Crippen molar-refractivity contribution in [2.45, 2.75) is 32.5 Å². The molecular weight excluding hydrogens is 262 g/mol. The number of fused-ring (bicyclic) bond motifs is 1. The lowest BCUT2D eigenvalue weighted by molar-refractivity contribution is 0.182. The molecule has 2 aromatic rings. The van der Waals surface area contributed by atoms with Crippen molar-refractivity contribution >= 4 is 11.0 Å². The Hall–Kier alpha value is -1.36. The summed E-state index contributed by atoms with van der Waals surface area (Å²) >= 11 is 0. The highest BCUT2D eigenvalue weighted by Gasteiger charge is 2.22. The zero-order valence-corrected chi connectivity index (χ0v) is 13.0. The van der Waals surface area contributed by atoms with E-state index < -0.39 is 0 Å². The molecule has 0 bridgehead atoms. The number of hydrogen-bond donors (Lipinski definition) is 1. The van der Waals surface area contributed by atoms with Gasteiger partial charge in [-0.05, 0) is 33.0 Å². The van der Waals surface area contributed by atoms with Crippen LogP contribution in [0.1, 0.15) is 24.7 Å². The topological polar surface area (TPSA) is 45.6 Å². The van der Waals surface area contributed by atoms with E-state index in [2.05, 4.69) is 29.8 Å². The largest absolute Gasteiger partial charge is 0.459 e. The third-order valence-corrected chi connectivity index (χ3v) is 4.52. The second-order valence-corrected chi connectivity index (χ2v) is 6.14. The monoisotopic (exact) mass is 287 g/mol. The van der Waals surface area contributed by atoms with Gasteiger partial charge in [-0.15, -0.1) is 0 Å². The third kappa shape index (κ3) is 2.98. The van der Waals surface area contributed by atoms with Gasteiger partial charge in [0.15, 0.2) is 0 Å². The molecule has 0 aliphatic carbocycles. The number of nitrogens with two attached hydrogens (primary N) is 1. The van der Waals surface area contributed by atoms with Crippen LogP contribution in [0.5, 0.6) is 0 Å². The van der Waals surface area contributed by atoms with Gasteiger partial charge in [0.25, 0.3) is 0 Å². The van der Waals surface area contributed by atoms with Crippen molar-refractivity contribution in [3.8, 4) is 0 Å². The van der Waals surface area contributed by atoms with Crippen molar-refractivity contribution in [3.63, 3.8) is 0 Å². The highest BCUT2D eigenvalue weighted by atomic mass is 16.3. The Labute approximate surface area is 126 Å². The van der Waals surface area contributed by atoms with E-state index in [4.69, 9.17) is 10.2 Å². The van der Waals surface area contributed by atoms with Crippen LogP contribution in [0.25, 0.3) is 11.0 Å². The minimum Gasteiger partial charge on any atom is -0.459 e. The predicted molar refractivity (Wildman–Crippen MR) is 86.1 cm³/mol. The van der Waals surface area contributed by atoms with E-state index in [-0.39, 0.29) is 0 Å². The summed E-state index contributed by atoms with van der Waals surface area (Å²) in [6.07, 6.45) is 1.21. The number of benzene rings is 1. The lowest BCUT2D eigenvalue weighted by Crippen LogP contribution is -2.37. The molecule has 1 fully saturated rings. The van der Waals surface area contributed by atoms with Gasteiger partial charge in [0.1, 0.15) is 11.3 Å². The van der Waals surface area contributed by atoms with Crippen molar-refractivity contribution in [1.29, 1.82) is 0 Å². The van der Waals surface area contributed by atoms with Gasteiger partial charge in [0, 0.05) is 36.6 Å². The van der Waals surface area contributed by atoms with E-state index in [1.54, 1.807) is 0 Å². The van der Waals surface area contributed by atoms with Gasteiger partial charge in [0.05, 0.1) is 6.54 Å². The standard InChI is InChI=1S/C17H25N3O/c1-13-11-19(2)8-5-9-20(13)12-17-15(10-18)14-6-3-4-7-16(14)21-17/h3-4,6-7,13H,5,8-12,18H2,1-2H3. The average molecular weight is 287 g/mol. The van der Waals surface area contributed by atoms with E-state index in [0.29, 0.717) is 12.6 Å². The smallest absolute Gasteiger partial charge is 0.134 e. The third-order valence-electron chi connectivity index (χ3n) is 4.52. The number of likely N-dealkylation sites (N-methyl/N-ethyl adjacent to an activating group) is 1. The Morgan fingerprint density at radius 1 is 1.29 bits per heavy atom. The molecule has 2 N–H and O–H groups in total. The molecule has 1 saturated heterocycles. The van der Waals surface area contributed by atoms with Crippen LogP contribution >= 0.6 is 0 Å². The first-order valence-corrected chi connectivity index (χ1v) is 7.81. The molecule has 1 atom stereocenters. The normalized spacial score (nSPS) is 21.8. The van der Waals surface area contributed by atoms with Gasteiger partial charge in [-0.25, -0.2) is 0 Å². The van der Waals surface area contributed by atoms with Crippen molar-refractivity contribution in [1.82, 2.24) is 9.80 Å². The SMILES string of the molecule is CC1CN(C)CCCN1Cc1oc2ccccc2c1CN. The van der Waals surface area contributed by atoms with E-state index in [0.717, 1.165) is 41.9 Å². The Balaban J connectivity index is 1.87. The number of furan rings is 1. The second-order valence-electron chi connectivity index (χ2n) is 6.14. The molecule has 0 saturated carbocycles. The first kappa shape index (κ1) is 14.6. The zero-order valence-electron chi connectivity index (χ0n) is 13.0. The Kier molecular flexibility index (Phi) is 4.29. The molecule has 0 amide bonds. The maximum atomic E-state index is 6.07. The van der Waals surface area contributed by atoms with E-state index in [1.165, 1.54) is 13.0 Å². The molecule has 0 spiro atoms. The molecule has 0 radical (unpaired) electrons. The fourth-order valence-corrected chi connectivity index (χ4v) is 3.34. The van der Waals surface area contributed by atoms with Crippen molar-refractivity contribution < 1.29 is 4.42 Å². The first-order chi connectivity index (χ1) is 10.2. The molecule has 1 aromatic carbocycles. The van der Waals surface area contributed by atoms with Crippen LogP contribution in [0.15, 0.2) is 28.7 Å². The van der Waals surface area contributed by atoms with Crippen LogP contribution in [-0.4, -0.2) is 42.5 Å². The molecule has 1 aromatic heterocycles. The molecule has 1 unspecified atom stereocenters. The van der Waals surface area contributed by atoms with E-state index in [1.807, 2.05) is 18.2 Å². The quantitative estimate of drug-likeness (QED) is 0.941. The lowest BCUT2D eigenvalue weighted by atomic mass is 10.1. The highest BCUT2D eigenvalue weighted by molar-refractivity contribution is 5.82. The summed E-state index contributed by atoms with van der Waals surface area (Å²) in [5.74, 6) is 1.04. The molecule has 1 aliphatic heterocycles. The number of para-hydroxylation sites is 1. The van der Waals surface area contributed by atoms with Crippen LogP contribution < -0.4 is 5.73 Å². The number of nitrogens with zero attached hydrogens (tertiary/aromatic N) is 2. The molecular formula is C17H25N3O. The zero-order chi connectivity index (χ0) is 14.8. The van der Waals surface area contributed by atoms with Crippen molar-refractivity contribution in [2.24, 2.45) is 5.73 Å². The van der Waals surface area contributed by atoms with Gasteiger partial charge in [-0.3, -0.25) is 4.90 Å². The summed E-state index contributed by atoms with van der Waals surface area (Å²) in [5.41, 5.74) is 8.08. The highest BCUT2D eigenvalue weighted by Crippen LogP contribution is 2.27. The fraction of sp³-hybridized carbons (Fsp3) is 0.529. The van der Waals surface area contributed by atoms with Gasteiger partial charge >= 0.3 is 0 Å². The minimum atomic E-state index is 0.536. The van der Waals surface area contributed by atoms with Crippen molar-refractivity contribution in [3.05, 3.63) is 35.6 Å². The van der Waals surface area contributed by atoms with Gasteiger partial charge in [-0.1, -0.05) is 18.2 Å². The minimum absolute atomic E-state index is 0.536. The fourth-order valence-electron chi connectivity index (χ4n) is 3.34. The summed E-state index contributed by atoms with van der Waals surface area (Å²) in [5, 5.41) is 1.16. The molecule has 4 nitrogen and oxygen atoms in total. The molecule has 21 heavy (non-hydrogen) atoms. The number of hydrogen-bond acceptors (Lipinski definition) is 4. The Morgan fingerprint density at radius 2 is 2.10 bits per heavy atom. The van der Waals surface area contributed by atoms with Crippen LogP contribution in [0, 0.1) is 0 Å². The summed E-state index contributed by atoms with van der Waals surface area (Å²) < 4.78 is 6.07. The Morgan fingerprint density at radius 3 is 2.90 bits per heavy atom. The summed E-state index contributed by atoms with van der Waals surface area (Å²) in [6.45, 7) is 7.09. The summed E-state index contributed by atoms with van der Waals surface area (Å²) in [4.78, 5) is 4.92. The van der Waals surface area contributed by atoms with Gasteiger partial charge in [-0.2, -0.15) is 0 Å². The average Bonchev–Trinajstić information content (AvgIpc) is 2.74. The predicted octanol–water partition coefficient (Wildman–Crippen LogP) is 2.42. The second kappa shape index (κ2) is 6.18. The summed E-state index contributed by atoms with van der Waals surface area (Å²) in [7, 11) is 2.20. The Bertz CT molecular complexity index is 607. The first-order valence-electron chi connectivity index (χ1n) is 7.81.